The van der Waals surface area contributed by atoms with Crippen molar-refractivity contribution in [3.8, 4) is 11.3 Å². The Bertz CT molecular complexity index is 996. The molecule has 5 rings (SSSR count). The van der Waals surface area contributed by atoms with Gasteiger partial charge < -0.3 is 19.3 Å². The molecule has 0 saturated carbocycles. The van der Waals surface area contributed by atoms with Crippen LogP contribution < -0.4 is 9.80 Å². The van der Waals surface area contributed by atoms with Gasteiger partial charge in [0.2, 0.25) is 0 Å². The predicted octanol–water partition coefficient (Wildman–Crippen LogP) is 2.16. The lowest BCUT2D eigenvalue weighted by molar-refractivity contribution is 0.121. The summed E-state index contributed by atoms with van der Waals surface area (Å²) in [5.41, 5.74) is 3.98. The zero-order chi connectivity index (χ0) is 19.8. The van der Waals surface area contributed by atoms with E-state index in [0.717, 1.165) is 80.0 Å². The number of rotatable bonds is 4. The molecule has 0 aliphatic carbocycles. The van der Waals surface area contributed by atoms with Gasteiger partial charge in [0.05, 0.1) is 30.7 Å². The minimum atomic E-state index is 0.295. The first-order valence-electron chi connectivity index (χ1n) is 10.1. The van der Waals surface area contributed by atoms with Crippen molar-refractivity contribution in [2.24, 2.45) is 0 Å². The van der Waals surface area contributed by atoms with Gasteiger partial charge in [-0.2, -0.15) is 0 Å². The molecule has 2 aliphatic rings. The maximum Gasteiger partial charge on any atom is 0.181 e. The molecule has 0 radical (unpaired) electrons. The van der Waals surface area contributed by atoms with Crippen molar-refractivity contribution in [2.75, 3.05) is 56.3 Å². The number of anilines is 2. The van der Waals surface area contributed by atoms with Crippen LogP contribution in [0.4, 0.5) is 11.6 Å². The molecule has 2 aliphatic heterocycles. The van der Waals surface area contributed by atoms with Gasteiger partial charge in [-0.25, -0.2) is 15.0 Å². The van der Waals surface area contributed by atoms with E-state index < -0.39 is 0 Å². The number of pyridine rings is 1. The average Bonchev–Trinajstić information content (AvgIpc) is 3.38. The summed E-state index contributed by atoms with van der Waals surface area (Å²) in [6, 6.07) is 4.23. The monoisotopic (exact) mass is 394 g/mol. The van der Waals surface area contributed by atoms with E-state index >= 15 is 0 Å². The van der Waals surface area contributed by atoms with E-state index in [2.05, 4.69) is 31.3 Å². The van der Waals surface area contributed by atoms with Crippen molar-refractivity contribution in [1.29, 1.82) is 0 Å². The second-order valence-corrected chi connectivity index (χ2v) is 7.59. The lowest BCUT2D eigenvalue weighted by atomic mass is 10.2. The number of morpholine rings is 1. The Balaban J connectivity index is 1.48. The minimum absolute atomic E-state index is 0.295. The summed E-state index contributed by atoms with van der Waals surface area (Å²) >= 11 is 0. The molecule has 0 amide bonds. The summed E-state index contributed by atoms with van der Waals surface area (Å²) in [4.78, 5) is 18.7. The Kier molecular flexibility index (Phi) is 4.81. The van der Waals surface area contributed by atoms with Crippen LogP contribution in [0.3, 0.4) is 0 Å². The highest BCUT2D eigenvalue weighted by Crippen LogP contribution is 2.29. The molecule has 0 bridgehead atoms. The molecule has 3 aromatic heterocycles. The highest BCUT2D eigenvalue weighted by atomic mass is 16.5. The van der Waals surface area contributed by atoms with Gasteiger partial charge in [0.1, 0.15) is 5.82 Å². The molecule has 29 heavy (non-hydrogen) atoms. The third-order valence-corrected chi connectivity index (χ3v) is 5.83. The molecule has 2 fully saturated rings. The number of nitrogens with zero attached hydrogens (tertiary/aromatic N) is 6. The van der Waals surface area contributed by atoms with Crippen molar-refractivity contribution in [3.63, 3.8) is 0 Å². The summed E-state index contributed by atoms with van der Waals surface area (Å²) < 4.78 is 13.1. The Morgan fingerprint density at radius 3 is 2.69 bits per heavy atom. The molecule has 1 unspecified atom stereocenters. The van der Waals surface area contributed by atoms with Gasteiger partial charge in [-0.1, -0.05) is 0 Å². The van der Waals surface area contributed by atoms with Crippen molar-refractivity contribution in [3.05, 3.63) is 36.4 Å². The lowest BCUT2D eigenvalue weighted by Crippen LogP contribution is -2.37. The Hall–Kier alpha value is -2.71. The minimum Gasteiger partial charge on any atom is -0.380 e. The maximum atomic E-state index is 5.48. The van der Waals surface area contributed by atoms with Crippen LogP contribution in [0.5, 0.6) is 0 Å². The van der Waals surface area contributed by atoms with Gasteiger partial charge >= 0.3 is 0 Å². The fourth-order valence-corrected chi connectivity index (χ4v) is 4.27. The SMILES string of the molecule is COC1CCN(c2ccc(-c3c(C)nc4c(N5CCOCC5)nccn34)cn2)C1. The van der Waals surface area contributed by atoms with Crippen molar-refractivity contribution in [2.45, 2.75) is 19.4 Å². The Labute approximate surface area is 170 Å². The number of ether oxygens (including phenoxy) is 2. The Morgan fingerprint density at radius 2 is 1.97 bits per heavy atom. The van der Waals surface area contributed by atoms with E-state index in [-0.39, 0.29) is 0 Å². The second kappa shape index (κ2) is 7.61. The largest absolute Gasteiger partial charge is 0.380 e. The fourth-order valence-electron chi connectivity index (χ4n) is 4.27. The van der Waals surface area contributed by atoms with Crippen molar-refractivity contribution < 1.29 is 9.47 Å². The van der Waals surface area contributed by atoms with Crippen LogP contribution in [0.1, 0.15) is 12.1 Å². The number of hydrogen-bond donors (Lipinski definition) is 0. The third kappa shape index (κ3) is 3.32. The summed E-state index contributed by atoms with van der Waals surface area (Å²) in [7, 11) is 1.78. The van der Waals surface area contributed by atoms with Crippen LogP contribution in [0.15, 0.2) is 30.7 Å². The number of aryl methyl sites for hydroxylation is 1. The molecule has 152 valence electrons. The first kappa shape index (κ1) is 18.3. The van der Waals surface area contributed by atoms with Crippen molar-refractivity contribution in [1.82, 2.24) is 19.4 Å². The van der Waals surface area contributed by atoms with Gasteiger partial charge in [-0.05, 0) is 25.5 Å². The van der Waals surface area contributed by atoms with Crippen LogP contribution in [-0.4, -0.2) is 72.0 Å². The fraction of sp³-hybridized carbons (Fsp3) is 0.476. The van der Waals surface area contributed by atoms with Crippen LogP contribution in [0.25, 0.3) is 16.9 Å². The van der Waals surface area contributed by atoms with E-state index in [1.165, 1.54) is 0 Å². The zero-order valence-electron chi connectivity index (χ0n) is 16.9. The number of hydrogen-bond acceptors (Lipinski definition) is 7. The van der Waals surface area contributed by atoms with E-state index in [9.17, 15) is 0 Å². The highest BCUT2D eigenvalue weighted by molar-refractivity contribution is 5.73. The van der Waals surface area contributed by atoms with Gasteiger partial charge in [-0.15, -0.1) is 0 Å². The number of fused-ring (bicyclic) bond motifs is 1. The lowest BCUT2D eigenvalue weighted by Gasteiger charge is -2.27. The van der Waals surface area contributed by atoms with E-state index in [1.54, 1.807) is 7.11 Å². The summed E-state index contributed by atoms with van der Waals surface area (Å²) in [6.07, 6.45) is 7.11. The number of imidazole rings is 1. The molecule has 8 nitrogen and oxygen atoms in total. The molecule has 5 heterocycles. The average molecular weight is 394 g/mol. The normalized spacial score (nSPS) is 20.0. The van der Waals surface area contributed by atoms with Crippen LogP contribution in [0, 0.1) is 6.92 Å². The molecule has 0 aromatic carbocycles. The van der Waals surface area contributed by atoms with Crippen molar-refractivity contribution >= 4 is 17.3 Å². The molecule has 2 saturated heterocycles. The maximum absolute atomic E-state index is 5.48. The van der Waals surface area contributed by atoms with Gasteiger partial charge in [0.25, 0.3) is 0 Å². The number of aromatic nitrogens is 4. The summed E-state index contributed by atoms with van der Waals surface area (Å²) in [5.74, 6) is 1.91. The third-order valence-electron chi connectivity index (χ3n) is 5.83. The van der Waals surface area contributed by atoms with Crippen LogP contribution in [0.2, 0.25) is 0 Å². The molecular weight excluding hydrogens is 368 g/mol. The van der Waals surface area contributed by atoms with E-state index in [0.29, 0.717) is 6.10 Å². The smallest absolute Gasteiger partial charge is 0.181 e. The van der Waals surface area contributed by atoms with E-state index in [4.69, 9.17) is 19.4 Å². The van der Waals surface area contributed by atoms with Crippen LogP contribution >= 0.6 is 0 Å². The summed E-state index contributed by atoms with van der Waals surface area (Å²) in [6.45, 7) is 7.04. The Morgan fingerprint density at radius 1 is 1.10 bits per heavy atom. The van der Waals surface area contributed by atoms with Crippen LogP contribution in [-0.2, 0) is 9.47 Å². The van der Waals surface area contributed by atoms with E-state index in [1.807, 2.05) is 25.5 Å². The molecule has 3 aromatic rings. The topological polar surface area (TPSA) is 68.0 Å². The molecule has 0 spiro atoms. The predicted molar refractivity (Wildman–Crippen MR) is 112 cm³/mol. The second-order valence-electron chi connectivity index (χ2n) is 7.59. The molecular formula is C21H26N6O2. The molecule has 1 atom stereocenters. The summed E-state index contributed by atoms with van der Waals surface area (Å²) in [5, 5.41) is 0. The van der Waals surface area contributed by atoms with Gasteiger partial charge in [-0.3, -0.25) is 4.40 Å². The quantitative estimate of drug-likeness (QED) is 0.672. The first-order valence-corrected chi connectivity index (χ1v) is 10.1. The number of methoxy groups -OCH3 is 1. The zero-order valence-corrected chi connectivity index (χ0v) is 16.9. The molecule has 0 N–H and O–H groups in total. The standard InChI is InChI=1S/C21H26N6O2/c1-15-19(16-3-4-18(23-13-16)26-7-5-17(14-26)28-2)27-8-6-22-20(21(27)24-15)25-9-11-29-12-10-25/h3-4,6,8,13,17H,5,7,9-12,14H2,1-2H3. The first-order chi connectivity index (χ1) is 14.2. The molecule has 8 heteroatoms. The van der Waals surface area contributed by atoms with Gasteiger partial charge in [0, 0.05) is 57.4 Å². The van der Waals surface area contributed by atoms with Gasteiger partial charge in [0.15, 0.2) is 11.5 Å². The highest BCUT2D eigenvalue weighted by Gasteiger charge is 2.24.